The van der Waals surface area contributed by atoms with E-state index in [9.17, 15) is 19.2 Å². The number of nitrogens with one attached hydrogen (secondary N) is 1. The van der Waals surface area contributed by atoms with Gasteiger partial charge < -0.3 is 14.8 Å². The molecule has 0 aliphatic heterocycles. The number of ether oxygens (including phenoxy) is 2. The predicted octanol–water partition coefficient (Wildman–Crippen LogP) is 4.07. The van der Waals surface area contributed by atoms with E-state index in [1.807, 2.05) is 26.0 Å². The second-order valence-corrected chi connectivity index (χ2v) is 8.94. The SMILES string of the molecule is CCC(=O)CCOCC(COCCC(C)=O)NC(=O)c1ccc(-c2ccc(C(=O)C(C)C)cc2)nc1. The summed E-state index contributed by atoms with van der Waals surface area (Å²) in [6.45, 7) is 7.90. The van der Waals surface area contributed by atoms with E-state index in [1.165, 1.54) is 13.1 Å². The molecule has 2 rings (SSSR count). The van der Waals surface area contributed by atoms with E-state index in [0.717, 1.165) is 5.56 Å². The molecule has 0 aliphatic rings. The highest BCUT2D eigenvalue weighted by molar-refractivity contribution is 5.98. The summed E-state index contributed by atoms with van der Waals surface area (Å²) in [6, 6.07) is 10.2. The van der Waals surface area contributed by atoms with Gasteiger partial charge in [-0.2, -0.15) is 0 Å². The minimum Gasteiger partial charge on any atom is -0.379 e. The molecule has 1 heterocycles. The molecule has 1 unspecified atom stereocenters. The van der Waals surface area contributed by atoms with Crippen molar-refractivity contribution < 1.29 is 28.7 Å². The number of aromatic nitrogens is 1. The van der Waals surface area contributed by atoms with Gasteiger partial charge in [-0.3, -0.25) is 24.2 Å². The van der Waals surface area contributed by atoms with Gasteiger partial charge in [-0.25, -0.2) is 0 Å². The van der Waals surface area contributed by atoms with Crippen LogP contribution in [0.3, 0.4) is 0 Å². The van der Waals surface area contributed by atoms with Gasteiger partial charge in [0.25, 0.3) is 5.91 Å². The van der Waals surface area contributed by atoms with Crippen LogP contribution in [-0.4, -0.2) is 60.7 Å². The van der Waals surface area contributed by atoms with Crippen LogP contribution in [0.15, 0.2) is 42.6 Å². The predicted molar refractivity (Wildman–Crippen MR) is 137 cm³/mol. The van der Waals surface area contributed by atoms with E-state index in [4.69, 9.17) is 9.47 Å². The summed E-state index contributed by atoms with van der Waals surface area (Å²) in [5, 5.41) is 2.88. The number of benzene rings is 1. The molecular weight excluding hydrogens is 460 g/mol. The van der Waals surface area contributed by atoms with E-state index in [1.54, 1.807) is 31.2 Å². The molecule has 0 saturated carbocycles. The van der Waals surface area contributed by atoms with Crippen molar-refractivity contribution in [2.45, 2.75) is 53.0 Å². The molecule has 0 aliphatic carbocycles. The molecule has 1 aromatic heterocycles. The maximum atomic E-state index is 12.8. The van der Waals surface area contributed by atoms with Gasteiger partial charge in [0.15, 0.2) is 5.78 Å². The van der Waals surface area contributed by atoms with Crippen LogP contribution in [-0.2, 0) is 19.1 Å². The monoisotopic (exact) mass is 496 g/mol. The van der Waals surface area contributed by atoms with Crippen molar-refractivity contribution in [1.29, 1.82) is 0 Å². The van der Waals surface area contributed by atoms with Crippen molar-refractivity contribution in [1.82, 2.24) is 10.3 Å². The number of carbonyl (C=O) groups is 4. The van der Waals surface area contributed by atoms with Crippen LogP contribution in [0.5, 0.6) is 0 Å². The second kappa shape index (κ2) is 15.0. The topological polar surface area (TPSA) is 112 Å². The number of pyridine rings is 1. The smallest absolute Gasteiger partial charge is 0.253 e. The summed E-state index contributed by atoms with van der Waals surface area (Å²) in [5.74, 6) is -0.181. The van der Waals surface area contributed by atoms with Crippen LogP contribution in [0.2, 0.25) is 0 Å². The lowest BCUT2D eigenvalue weighted by Gasteiger charge is -2.19. The van der Waals surface area contributed by atoms with Crippen LogP contribution in [0, 0.1) is 5.92 Å². The van der Waals surface area contributed by atoms with Gasteiger partial charge in [-0.05, 0) is 19.1 Å². The number of hydrogen-bond acceptors (Lipinski definition) is 7. The Balaban J connectivity index is 1.99. The van der Waals surface area contributed by atoms with Crippen molar-refractivity contribution in [3.05, 3.63) is 53.7 Å². The molecule has 0 saturated heterocycles. The number of amides is 1. The summed E-state index contributed by atoms with van der Waals surface area (Å²) < 4.78 is 11.1. The fourth-order valence-corrected chi connectivity index (χ4v) is 3.27. The highest BCUT2D eigenvalue weighted by atomic mass is 16.5. The lowest BCUT2D eigenvalue weighted by atomic mass is 9.99. The number of rotatable bonds is 16. The van der Waals surface area contributed by atoms with E-state index in [0.29, 0.717) is 36.1 Å². The van der Waals surface area contributed by atoms with Crippen LogP contribution < -0.4 is 5.32 Å². The Morgan fingerprint density at radius 1 is 0.889 bits per heavy atom. The number of hydrogen-bond donors (Lipinski definition) is 1. The quantitative estimate of drug-likeness (QED) is 0.275. The summed E-state index contributed by atoms with van der Waals surface area (Å²) in [7, 11) is 0. The minimum absolute atomic E-state index is 0.0252. The van der Waals surface area contributed by atoms with Gasteiger partial charge in [-0.1, -0.05) is 45.0 Å². The Hall–Kier alpha value is -3.23. The molecule has 0 fully saturated rings. The molecule has 0 bridgehead atoms. The fourth-order valence-electron chi connectivity index (χ4n) is 3.27. The zero-order valence-electron chi connectivity index (χ0n) is 21.5. The average Bonchev–Trinajstić information content (AvgIpc) is 2.88. The first kappa shape index (κ1) is 29.0. The van der Waals surface area contributed by atoms with Crippen LogP contribution >= 0.6 is 0 Å². The Labute approximate surface area is 212 Å². The first-order valence-corrected chi connectivity index (χ1v) is 12.3. The maximum absolute atomic E-state index is 12.8. The van der Waals surface area contributed by atoms with E-state index >= 15 is 0 Å². The third-order valence-corrected chi connectivity index (χ3v) is 5.51. The van der Waals surface area contributed by atoms with E-state index < -0.39 is 6.04 Å². The molecule has 1 amide bonds. The van der Waals surface area contributed by atoms with E-state index in [2.05, 4.69) is 10.3 Å². The number of carbonyl (C=O) groups excluding carboxylic acids is 4. The number of Topliss-reactive ketones (excluding diaryl/α,β-unsaturated/α-hetero) is 3. The summed E-state index contributed by atoms with van der Waals surface area (Å²) >= 11 is 0. The third kappa shape index (κ3) is 9.79. The standard InChI is InChI=1S/C28H36N2O6/c1-5-25(32)13-15-36-18-24(17-35-14-12-20(4)31)30-28(34)23-10-11-26(29-16-23)21-6-8-22(9-7-21)27(33)19(2)3/h6-11,16,19,24H,5,12-15,17-18H2,1-4H3,(H,30,34). The summed E-state index contributed by atoms with van der Waals surface area (Å²) in [6.07, 6.45) is 2.57. The molecule has 0 radical (unpaired) electrons. The largest absolute Gasteiger partial charge is 0.379 e. The molecule has 2 aromatic rings. The van der Waals surface area contributed by atoms with Crippen molar-refractivity contribution in [2.24, 2.45) is 5.92 Å². The van der Waals surface area contributed by atoms with Gasteiger partial charge in [0.1, 0.15) is 11.6 Å². The van der Waals surface area contributed by atoms with Gasteiger partial charge >= 0.3 is 0 Å². The van der Waals surface area contributed by atoms with Gasteiger partial charge in [0, 0.05) is 42.5 Å². The highest BCUT2D eigenvalue weighted by Crippen LogP contribution is 2.19. The fraction of sp³-hybridized carbons (Fsp3) is 0.464. The van der Waals surface area contributed by atoms with Gasteiger partial charge in [0.05, 0.1) is 43.7 Å². The Bertz CT molecular complexity index is 1020. The van der Waals surface area contributed by atoms with Crippen molar-refractivity contribution >= 4 is 23.3 Å². The van der Waals surface area contributed by atoms with Crippen LogP contribution in [0.1, 0.15) is 67.7 Å². The van der Waals surface area contributed by atoms with Crippen LogP contribution in [0.4, 0.5) is 0 Å². The number of ketones is 3. The van der Waals surface area contributed by atoms with Crippen molar-refractivity contribution in [3.63, 3.8) is 0 Å². The highest BCUT2D eigenvalue weighted by Gasteiger charge is 2.16. The lowest BCUT2D eigenvalue weighted by molar-refractivity contribution is -0.120. The molecule has 8 nitrogen and oxygen atoms in total. The van der Waals surface area contributed by atoms with E-state index in [-0.39, 0.29) is 55.6 Å². The summed E-state index contributed by atoms with van der Waals surface area (Å²) in [4.78, 5) is 51.9. The Kier molecular flexibility index (Phi) is 12.1. The second-order valence-electron chi connectivity index (χ2n) is 8.94. The maximum Gasteiger partial charge on any atom is 0.253 e. The molecule has 0 spiro atoms. The number of nitrogens with zero attached hydrogens (tertiary/aromatic N) is 1. The average molecular weight is 497 g/mol. The first-order chi connectivity index (χ1) is 17.2. The van der Waals surface area contributed by atoms with Gasteiger partial charge in [0.2, 0.25) is 0 Å². The molecule has 194 valence electrons. The Morgan fingerprint density at radius 3 is 2.03 bits per heavy atom. The minimum atomic E-state index is -0.452. The lowest BCUT2D eigenvalue weighted by Crippen LogP contribution is -2.42. The Morgan fingerprint density at radius 2 is 1.50 bits per heavy atom. The zero-order valence-corrected chi connectivity index (χ0v) is 21.5. The van der Waals surface area contributed by atoms with Crippen molar-refractivity contribution in [2.75, 3.05) is 26.4 Å². The van der Waals surface area contributed by atoms with Crippen LogP contribution in [0.25, 0.3) is 11.3 Å². The normalized spacial score (nSPS) is 11.8. The molecule has 8 heteroatoms. The van der Waals surface area contributed by atoms with Gasteiger partial charge in [-0.15, -0.1) is 0 Å². The molecule has 1 atom stereocenters. The van der Waals surface area contributed by atoms with Crippen molar-refractivity contribution in [3.8, 4) is 11.3 Å². The molecular formula is C28H36N2O6. The third-order valence-electron chi connectivity index (χ3n) is 5.51. The molecule has 1 aromatic carbocycles. The zero-order chi connectivity index (χ0) is 26.5. The summed E-state index contributed by atoms with van der Waals surface area (Å²) in [5.41, 5.74) is 2.56. The molecule has 36 heavy (non-hydrogen) atoms. The molecule has 1 N–H and O–H groups in total. The first-order valence-electron chi connectivity index (χ1n) is 12.3.